The first kappa shape index (κ1) is 14.7. The molecule has 5 nitrogen and oxygen atoms in total. The minimum Gasteiger partial charge on any atom is -0.382 e. The summed E-state index contributed by atoms with van der Waals surface area (Å²) < 4.78 is 10.1. The van der Waals surface area contributed by atoms with Crippen LogP contribution in [0.1, 0.15) is 0 Å². The van der Waals surface area contributed by atoms with E-state index in [0.717, 1.165) is 32.7 Å². The standard InChI is InChI=1S/C11H21ClN2O3/c1-16-8-9-17-10-11(15)14-6-4-13(3-2-12)5-7-14/h2-10H2,1H3. The Morgan fingerprint density at radius 1 is 1.24 bits per heavy atom. The van der Waals surface area contributed by atoms with Crippen molar-refractivity contribution in [3.63, 3.8) is 0 Å². The molecule has 0 spiro atoms. The maximum absolute atomic E-state index is 11.7. The molecule has 1 amide bonds. The highest BCUT2D eigenvalue weighted by Gasteiger charge is 2.20. The first-order chi connectivity index (χ1) is 8.27. The van der Waals surface area contributed by atoms with Gasteiger partial charge in [0.25, 0.3) is 0 Å². The molecule has 1 rings (SSSR count). The largest absolute Gasteiger partial charge is 0.382 e. The normalized spacial score (nSPS) is 17.4. The zero-order valence-electron chi connectivity index (χ0n) is 10.4. The van der Waals surface area contributed by atoms with Gasteiger partial charge in [0.2, 0.25) is 5.91 Å². The predicted molar refractivity (Wildman–Crippen MR) is 66.4 cm³/mol. The molecule has 0 unspecified atom stereocenters. The van der Waals surface area contributed by atoms with Gasteiger partial charge in [0.15, 0.2) is 0 Å². The maximum atomic E-state index is 11.7. The van der Waals surface area contributed by atoms with E-state index in [0.29, 0.717) is 19.1 Å². The molecule has 0 radical (unpaired) electrons. The summed E-state index contributed by atoms with van der Waals surface area (Å²) in [5, 5.41) is 0. The van der Waals surface area contributed by atoms with E-state index in [1.54, 1.807) is 7.11 Å². The van der Waals surface area contributed by atoms with Gasteiger partial charge in [0.05, 0.1) is 13.2 Å². The average Bonchev–Trinajstić information content (AvgIpc) is 2.36. The fraction of sp³-hybridized carbons (Fsp3) is 0.909. The number of hydrogen-bond donors (Lipinski definition) is 0. The molecule has 1 heterocycles. The summed E-state index contributed by atoms with van der Waals surface area (Å²) in [5.74, 6) is 0.709. The molecule has 0 N–H and O–H groups in total. The van der Waals surface area contributed by atoms with Gasteiger partial charge >= 0.3 is 0 Å². The average molecular weight is 265 g/mol. The van der Waals surface area contributed by atoms with E-state index in [1.165, 1.54) is 0 Å². The number of alkyl halides is 1. The Balaban J connectivity index is 2.12. The Bertz CT molecular complexity index is 221. The Hall–Kier alpha value is -0.360. The fourth-order valence-electron chi connectivity index (χ4n) is 1.73. The first-order valence-corrected chi connectivity index (χ1v) is 6.44. The lowest BCUT2D eigenvalue weighted by Gasteiger charge is -2.34. The number of piperazine rings is 1. The SMILES string of the molecule is COCCOCC(=O)N1CCN(CCCl)CC1. The number of amides is 1. The summed E-state index contributed by atoms with van der Waals surface area (Å²) in [6.07, 6.45) is 0. The Kier molecular flexibility index (Phi) is 7.51. The third-order valence-electron chi connectivity index (χ3n) is 2.78. The van der Waals surface area contributed by atoms with Crippen molar-refractivity contribution in [3.8, 4) is 0 Å². The lowest BCUT2D eigenvalue weighted by Crippen LogP contribution is -2.50. The molecule has 17 heavy (non-hydrogen) atoms. The predicted octanol–water partition coefficient (Wildman–Crippen LogP) is 0.0324. The van der Waals surface area contributed by atoms with Gasteiger partial charge in [-0.25, -0.2) is 0 Å². The van der Waals surface area contributed by atoms with Crippen LogP contribution in [-0.2, 0) is 14.3 Å². The minimum absolute atomic E-state index is 0.0617. The van der Waals surface area contributed by atoms with Gasteiger partial charge < -0.3 is 14.4 Å². The molecule has 1 aliphatic heterocycles. The number of carbonyl (C=O) groups is 1. The lowest BCUT2D eigenvalue weighted by atomic mass is 10.3. The van der Waals surface area contributed by atoms with Crippen molar-refractivity contribution in [2.75, 3.05) is 65.5 Å². The summed E-state index contributed by atoms with van der Waals surface area (Å²) in [4.78, 5) is 15.9. The fourth-order valence-corrected chi connectivity index (χ4v) is 1.97. The molecule has 0 saturated carbocycles. The van der Waals surface area contributed by atoms with Crippen molar-refractivity contribution in [2.45, 2.75) is 0 Å². The quantitative estimate of drug-likeness (QED) is 0.481. The van der Waals surface area contributed by atoms with Crippen molar-refractivity contribution in [2.24, 2.45) is 0 Å². The number of halogens is 1. The van der Waals surface area contributed by atoms with Gasteiger partial charge in [-0.05, 0) is 0 Å². The van der Waals surface area contributed by atoms with E-state index in [4.69, 9.17) is 21.1 Å². The summed E-state index contributed by atoms with van der Waals surface area (Å²) in [6.45, 7) is 5.37. The van der Waals surface area contributed by atoms with Crippen molar-refractivity contribution in [3.05, 3.63) is 0 Å². The summed E-state index contributed by atoms with van der Waals surface area (Å²) in [5.41, 5.74) is 0. The molecule has 0 aromatic rings. The molecule has 1 aliphatic rings. The van der Waals surface area contributed by atoms with Crippen LogP contribution in [0.2, 0.25) is 0 Å². The van der Waals surface area contributed by atoms with E-state index >= 15 is 0 Å². The van der Waals surface area contributed by atoms with E-state index in [-0.39, 0.29) is 12.5 Å². The van der Waals surface area contributed by atoms with Gasteiger partial charge in [-0.3, -0.25) is 9.69 Å². The Labute approximate surface area is 108 Å². The molecule has 0 atom stereocenters. The van der Waals surface area contributed by atoms with E-state index < -0.39 is 0 Å². The van der Waals surface area contributed by atoms with Gasteiger partial charge in [-0.1, -0.05) is 0 Å². The zero-order chi connectivity index (χ0) is 12.5. The van der Waals surface area contributed by atoms with Crippen LogP contribution in [0.4, 0.5) is 0 Å². The summed E-state index contributed by atoms with van der Waals surface area (Å²) >= 11 is 5.68. The number of ether oxygens (including phenoxy) is 2. The van der Waals surface area contributed by atoms with Gasteiger partial charge in [0, 0.05) is 45.7 Å². The van der Waals surface area contributed by atoms with Crippen molar-refractivity contribution in [1.29, 1.82) is 0 Å². The molecule has 1 saturated heterocycles. The maximum Gasteiger partial charge on any atom is 0.248 e. The smallest absolute Gasteiger partial charge is 0.248 e. The van der Waals surface area contributed by atoms with Gasteiger partial charge in [-0.15, -0.1) is 11.6 Å². The van der Waals surface area contributed by atoms with Crippen molar-refractivity contribution in [1.82, 2.24) is 9.80 Å². The Morgan fingerprint density at radius 3 is 2.53 bits per heavy atom. The van der Waals surface area contributed by atoms with Crippen LogP contribution < -0.4 is 0 Å². The van der Waals surface area contributed by atoms with Crippen LogP contribution >= 0.6 is 11.6 Å². The zero-order valence-corrected chi connectivity index (χ0v) is 11.1. The van der Waals surface area contributed by atoms with Crippen LogP contribution in [0, 0.1) is 0 Å². The molecule has 0 aliphatic carbocycles. The molecule has 1 fully saturated rings. The second kappa shape index (κ2) is 8.69. The van der Waals surface area contributed by atoms with Gasteiger partial charge in [0.1, 0.15) is 6.61 Å². The third kappa shape index (κ3) is 5.68. The molecule has 6 heteroatoms. The van der Waals surface area contributed by atoms with Crippen LogP contribution in [-0.4, -0.2) is 81.2 Å². The van der Waals surface area contributed by atoms with Crippen LogP contribution in [0.5, 0.6) is 0 Å². The first-order valence-electron chi connectivity index (χ1n) is 5.90. The van der Waals surface area contributed by atoms with Crippen LogP contribution in [0.25, 0.3) is 0 Å². The van der Waals surface area contributed by atoms with E-state index in [9.17, 15) is 4.79 Å². The summed E-state index contributed by atoms with van der Waals surface area (Å²) in [6, 6.07) is 0. The second-order valence-corrected chi connectivity index (χ2v) is 4.33. The molecule has 0 aromatic heterocycles. The summed E-state index contributed by atoms with van der Waals surface area (Å²) in [7, 11) is 1.61. The lowest BCUT2D eigenvalue weighted by molar-refractivity contribution is -0.138. The number of methoxy groups -OCH3 is 1. The highest BCUT2D eigenvalue weighted by Crippen LogP contribution is 2.02. The monoisotopic (exact) mass is 264 g/mol. The second-order valence-electron chi connectivity index (χ2n) is 3.96. The van der Waals surface area contributed by atoms with Crippen molar-refractivity contribution < 1.29 is 14.3 Å². The molecule has 100 valence electrons. The van der Waals surface area contributed by atoms with Crippen molar-refractivity contribution >= 4 is 17.5 Å². The van der Waals surface area contributed by atoms with Crippen LogP contribution in [0.3, 0.4) is 0 Å². The topological polar surface area (TPSA) is 42.0 Å². The minimum atomic E-state index is 0.0617. The van der Waals surface area contributed by atoms with Crippen LogP contribution in [0.15, 0.2) is 0 Å². The molecular formula is C11H21ClN2O3. The molecule has 0 aromatic carbocycles. The van der Waals surface area contributed by atoms with E-state index in [2.05, 4.69) is 4.90 Å². The highest BCUT2D eigenvalue weighted by atomic mass is 35.5. The van der Waals surface area contributed by atoms with Gasteiger partial charge in [-0.2, -0.15) is 0 Å². The molecule has 0 bridgehead atoms. The Morgan fingerprint density at radius 2 is 1.94 bits per heavy atom. The number of nitrogens with zero attached hydrogens (tertiary/aromatic N) is 2. The third-order valence-corrected chi connectivity index (χ3v) is 2.95. The number of carbonyl (C=O) groups excluding carboxylic acids is 1. The highest BCUT2D eigenvalue weighted by molar-refractivity contribution is 6.18. The number of hydrogen-bond acceptors (Lipinski definition) is 4. The number of rotatable bonds is 7. The van der Waals surface area contributed by atoms with E-state index in [1.807, 2.05) is 4.90 Å². The molecular weight excluding hydrogens is 244 g/mol.